The Labute approximate surface area is 114 Å². The quantitative estimate of drug-likeness (QED) is 0.788. The van der Waals surface area contributed by atoms with Gasteiger partial charge in [0.15, 0.2) is 0 Å². The van der Waals surface area contributed by atoms with Crippen molar-refractivity contribution in [2.24, 2.45) is 0 Å². The number of hydrogen-bond donors (Lipinski definition) is 2. The lowest BCUT2D eigenvalue weighted by atomic mass is 10.1. The molecule has 6 nitrogen and oxygen atoms in total. The molecule has 110 valence electrons. The lowest BCUT2D eigenvalue weighted by Crippen LogP contribution is -2.40. The molecule has 0 aliphatic carbocycles. The average molecular weight is 290 g/mol. The zero-order chi connectivity index (χ0) is 14.6. The molecule has 0 spiro atoms. The lowest BCUT2D eigenvalue weighted by molar-refractivity contribution is 0.275. The fourth-order valence-corrected chi connectivity index (χ4v) is 2.99. The molecule has 19 heavy (non-hydrogen) atoms. The fourth-order valence-electron chi connectivity index (χ4n) is 1.87. The number of nitrogens with one attached hydrogen (secondary N) is 1. The van der Waals surface area contributed by atoms with E-state index < -0.39 is 10.2 Å². The highest BCUT2D eigenvalue weighted by Crippen LogP contribution is 2.22. The van der Waals surface area contributed by atoms with Crippen molar-refractivity contribution in [1.82, 2.24) is 9.03 Å². The van der Waals surface area contributed by atoms with Crippen LogP contribution in [0.15, 0.2) is 10.5 Å². The summed E-state index contributed by atoms with van der Waals surface area (Å²) in [7, 11) is -2.07. The van der Waals surface area contributed by atoms with Crippen LogP contribution in [0.5, 0.6) is 0 Å². The van der Waals surface area contributed by atoms with Gasteiger partial charge >= 0.3 is 0 Å². The molecule has 7 heteroatoms. The minimum absolute atomic E-state index is 0.0323. The van der Waals surface area contributed by atoms with Crippen molar-refractivity contribution < 1.29 is 17.9 Å². The molecule has 2 N–H and O–H groups in total. The first-order valence-electron chi connectivity index (χ1n) is 6.19. The van der Waals surface area contributed by atoms with Gasteiger partial charge in [0.25, 0.3) is 10.2 Å². The van der Waals surface area contributed by atoms with Crippen LogP contribution in [0.25, 0.3) is 0 Å². The average Bonchev–Trinajstić information content (AvgIpc) is 2.64. The van der Waals surface area contributed by atoms with E-state index in [1.54, 1.807) is 6.92 Å². The van der Waals surface area contributed by atoms with Crippen molar-refractivity contribution in [3.8, 4) is 0 Å². The summed E-state index contributed by atoms with van der Waals surface area (Å²) in [6, 6.07) is 1.47. The molecule has 0 aliphatic heterocycles. The zero-order valence-corrected chi connectivity index (χ0v) is 12.6. The zero-order valence-electron chi connectivity index (χ0n) is 11.8. The molecule has 0 saturated heterocycles. The van der Waals surface area contributed by atoms with Gasteiger partial charge in [-0.05, 0) is 33.3 Å². The Morgan fingerprint density at radius 1 is 1.47 bits per heavy atom. The summed E-state index contributed by atoms with van der Waals surface area (Å²) in [4.78, 5) is 0. The van der Waals surface area contributed by atoms with Crippen molar-refractivity contribution >= 4 is 10.2 Å². The maximum Gasteiger partial charge on any atom is 0.279 e. The molecular formula is C12H22N2O4S. The molecule has 0 amide bonds. The van der Waals surface area contributed by atoms with E-state index in [2.05, 4.69) is 4.72 Å². The Bertz CT molecular complexity index is 510. The molecule has 0 aromatic carbocycles. The van der Waals surface area contributed by atoms with Crippen LogP contribution in [0.4, 0.5) is 0 Å². The molecule has 0 bridgehead atoms. The van der Waals surface area contributed by atoms with E-state index in [4.69, 9.17) is 9.52 Å². The topological polar surface area (TPSA) is 82.8 Å². The number of furan rings is 1. The minimum Gasteiger partial charge on any atom is -0.466 e. The molecular weight excluding hydrogens is 268 g/mol. The van der Waals surface area contributed by atoms with Gasteiger partial charge in [-0.1, -0.05) is 0 Å². The highest BCUT2D eigenvalue weighted by Gasteiger charge is 2.22. The van der Waals surface area contributed by atoms with Gasteiger partial charge < -0.3 is 9.52 Å². The Morgan fingerprint density at radius 3 is 2.58 bits per heavy atom. The number of hydrogen-bond acceptors (Lipinski definition) is 4. The Kier molecular flexibility index (Phi) is 5.54. The van der Waals surface area contributed by atoms with E-state index in [0.29, 0.717) is 12.2 Å². The summed E-state index contributed by atoms with van der Waals surface area (Å²) in [6.07, 6.45) is 0.412. The highest BCUT2D eigenvalue weighted by atomic mass is 32.2. The smallest absolute Gasteiger partial charge is 0.279 e. The van der Waals surface area contributed by atoms with Crippen LogP contribution in [0.1, 0.15) is 36.5 Å². The van der Waals surface area contributed by atoms with E-state index in [9.17, 15) is 8.42 Å². The van der Waals surface area contributed by atoms with Crippen LogP contribution in [-0.2, 0) is 10.2 Å². The van der Waals surface area contributed by atoms with Crippen LogP contribution >= 0.6 is 0 Å². The third-order valence-electron chi connectivity index (χ3n) is 2.91. The molecule has 1 aromatic heterocycles. The van der Waals surface area contributed by atoms with Crippen molar-refractivity contribution in [2.75, 3.05) is 20.2 Å². The molecule has 1 atom stereocenters. The van der Waals surface area contributed by atoms with Crippen molar-refractivity contribution in [2.45, 2.75) is 33.2 Å². The second-order valence-electron chi connectivity index (χ2n) is 4.61. The Morgan fingerprint density at radius 2 is 2.11 bits per heavy atom. The number of aryl methyl sites for hydroxylation is 2. The van der Waals surface area contributed by atoms with Gasteiger partial charge in [0, 0.05) is 31.8 Å². The lowest BCUT2D eigenvalue weighted by Gasteiger charge is -2.20. The predicted molar refractivity (Wildman–Crippen MR) is 73.0 cm³/mol. The molecule has 1 heterocycles. The highest BCUT2D eigenvalue weighted by molar-refractivity contribution is 7.87. The summed E-state index contributed by atoms with van der Waals surface area (Å²) in [5.74, 6) is 1.47. The van der Waals surface area contributed by atoms with Crippen LogP contribution in [-0.4, -0.2) is 38.0 Å². The van der Waals surface area contributed by atoms with E-state index in [1.807, 2.05) is 19.9 Å². The second-order valence-corrected chi connectivity index (χ2v) is 6.42. The van der Waals surface area contributed by atoms with Crippen LogP contribution in [0.3, 0.4) is 0 Å². The third-order valence-corrected chi connectivity index (χ3v) is 4.57. The standard InChI is InChI=1S/C12H22N2O4S/c1-9-8-12(11(3)18-9)10(2)13-19(16,17)14(4)6-5-7-15/h8,10,13,15H,5-7H2,1-4H3. The van der Waals surface area contributed by atoms with E-state index in [-0.39, 0.29) is 19.2 Å². The van der Waals surface area contributed by atoms with Gasteiger partial charge in [-0.3, -0.25) is 0 Å². The molecule has 0 fully saturated rings. The van der Waals surface area contributed by atoms with Gasteiger partial charge in [-0.25, -0.2) is 0 Å². The summed E-state index contributed by atoms with van der Waals surface area (Å²) in [5, 5.41) is 8.73. The van der Waals surface area contributed by atoms with Gasteiger partial charge in [-0.15, -0.1) is 0 Å². The van der Waals surface area contributed by atoms with E-state index in [0.717, 1.165) is 11.3 Å². The van der Waals surface area contributed by atoms with Gasteiger partial charge in [-0.2, -0.15) is 17.4 Å². The van der Waals surface area contributed by atoms with E-state index >= 15 is 0 Å². The fraction of sp³-hybridized carbons (Fsp3) is 0.667. The molecule has 1 unspecified atom stereocenters. The predicted octanol–water partition coefficient (Wildman–Crippen LogP) is 1.11. The summed E-state index contributed by atoms with van der Waals surface area (Å²) in [5.41, 5.74) is 0.830. The van der Waals surface area contributed by atoms with Crippen LogP contribution in [0, 0.1) is 13.8 Å². The number of nitrogens with zero attached hydrogens (tertiary/aromatic N) is 1. The number of rotatable bonds is 7. The maximum absolute atomic E-state index is 12.0. The minimum atomic E-state index is -3.56. The number of aliphatic hydroxyl groups excluding tert-OH is 1. The first-order valence-corrected chi connectivity index (χ1v) is 7.63. The molecule has 1 rings (SSSR count). The van der Waals surface area contributed by atoms with Gasteiger partial charge in [0.2, 0.25) is 0 Å². The molecule has 0 saturated carbocycles. The summed E-state index contributed by atoms with van der Waals surface area (Å²) < 4.78 is 33.3. The maximum atomic E-state index is 12.0. The third kappa shape index (κ3) is 4.31. The summed E-state index contributed by atoms with van der Waals surface area (Å²) >= 11 is 0. The van der Waals surface area contributed by atoms with Crippen molar-refractivity contribution in [3.63, 3.8) is 0 Å². The van der Waals surface area contributed by atoms with Crippen LogP contribution < -0.4 is 4.72 Å². The van der Waals surface area contributed by atoms with Gasteiger partial charge in [0.1, 0.15) is 11.5 Å². The van der Waals surface area contributed by atoms with Gasteiger partial charge in [0.05, 0.1) is 0 Å². The van der Waals surface area contributed by atoms with E-state index in [1.165, 1.54) is 11.4 Å². The number of aliphatic hydroxyl groups is 1. The molecule has 0 radical (unpaired) electrons. The largest absolute Gasteiger partial charge is 0.466 e. The molecule has 1 aromatic rings. The first kappa shape index (κ1) is 16.2. The SMILES string of the molecule is Cc1cc(C(C)NS(=O)(=O)N(C)CCCO)c(C)o1. The normalized spacial score (nSPS) is 14.0. The van der Waals surface area contributed by atoms with Crippen molar-refractivity contribution in [3.05, 3.63) is 23.2 Å². The Balaban J connectivity index is 2.75. The summed E-state index contributed by atoms with van der Waals surface area (Å²) in [6.45, 7) is 5.65. The molecule has 0 aliphatic rings. The monoisotopic (exact) mass is 290 g/mol. The second kappa shape index (κ2) is 6.51. The van der Waals surface area contributed by atoms with Crippen LogP contribution in [0.2, 0.25) is 0 Å². The van der Waals surface area contributed by atoms with Crippen molar-refractivity contribution in [1.29, 1.82) is 0 Å². The Hall–Kier alpha value is -0.890. The first-order chi connectivity index (χ1) is 8.77.